The number of rotatable bonds is 4. The number of nitrogens with zero attached hydrogens (tertiary/aromatic N) is 4. The number of nitrogens with one attached hydrogen (secondary N) is 1. The zero-order chi connectivity index (χ0) is 19.9. The number of carbonyl (C=O) groups is 1. The van der Waals surface area contributed by atoms with E-state index in [0.717, 1.165) is 37.7 Å². The van der Waals surface area contributed by atoms with Gasteiger partial charge in [-0.3, -0.25) is 14.7 Å². The van der Waals surface area contributed by atoms with Crippen molar-refractivity contribution in [1.29, 1.82) is 0 Å². The van der Waals surface area contributed by atoms with Gasteiger partial charge in [0.25, 0.3) is 0 Å². The Balaban J connectivity index is 0.00000300. The molecule has 2 saturated heterocycles. The van der Waals surface area contributed by atoms with Gasteiger partial charge in [-0.05, 0) is 17.7 Å². The van der Waals surface area contributed by atoms with Gasteiger partial charge in [-0.1, -0.05) is 6.07 Å². The van der Waals surface area contributed by atoms with Crippen LogP contribution in [0.1, 0.15) is 5.56 Å². The van der Waals surface area contributed by atoms with Crippen molar-refractivity contribution < 1.29 is 19.0 Å². The van der Waals surface area contributed by atoms with Gasteiger partial charge in [0.2, 0.25) is 5.91 Å². The summed E-state index contributed by atoms with van der Waals surface area (Å²) < 4.78 is 18.8. The molecule has 2 aliphatic heterocycles. The van der Waals surface area contributed by atoms with Crippen molar-refractivity contribution in [3.8, 4) is 5.75 Å². The molecule has 0 bridgehead atoms. The lowest BCUT2D eigenvalue weighted by Crippen LogP contribution is -2.54. The van der Waals surface area contributed by atoms with E-state index < -0.39 is 5.82 Å². The Bertz CT molecular complexity index is 707. The highest BCUT2D eigenvalue weighted by Gasteiger charge is 2.24. The van der Waals surface area contributed by atoms with E-state index in [1.807, 2.05) is 4.90 Å². The number of aliphatic imine (C=N–C) groups is 1. The number of piperazine rings is 1. The van der Waals surface area contributed by atoms with Crippen LogP contribution < -0.4 is 5.32 Å². The molecular weight excluding hydrogens is 492 g/mol. The minimum Gasteiger partial charge on any atom is -0.505 e. The van der Waals surface area contributed by atoms with Gasteiger partial charge >= 0.3 is 0 Å². The van der Waals surface area contributed by atoms with Gasteiger partial charge in [0.15, 0.2) is 17.5 Å². The van der Waals surface area contributed by atoms with E-state index in [9.17, 15) is 14.3 Å². The first-order valence-corrected chi connectivity index (χ1v) is 9.57. The van der Waals surface area contributed by atoms with Gasteiger partial charge in [0, 0.05) is 52.9 Å². The van der Waals surface area contributed by atoms with Crippen molar-refractivity contribution in [1.82, 2.24) is 20.0 Å². The smallest absolute Gasteiger partial charge is 0.236 e. The Morgan fingerprint density at radius 2 is 1.86 bits per heavy atom. The van der Waals surface area contributed by atoms with Gasteiger partial charge in [0.1, 0.15) is 0 Å². The van der Waals surface area contributed by atoms with Crippen LogP contribution in [0.2, 0.25) is 0 Å². The summed E-state index contributed by atoms with van der Waals surface area (Å²) >= 11 is 0. The van der Waals surface area contributed by atoms with Crippen molar-refractivity contribution in [3.63, 3.8) is 0 Å². The molecule has 1 aromatic carbocycles. The van der Waals surface area contributed by atoms with Crippen LogP contribution in [0.5, 0.6) is 5.75 Å². The van der Waals surface area contributed by atoms with Crippen LogP contribution in [-0.2, 0) is 16.1 Å². The molecule has 0 atom stereocenters. The van der Waals surface area contributed by atoms with E-state index in [0.29, 0.717) is 39.4 Å². The number of carbonyl (C=O) groups excluding carboxylic acids is 1. The first-order valence-electron chi connectivity index (χ1n) is 9.57. The molecule has 0 aromatic heterocycles. The molecule has 1 amide bonds. The molecule has 2 N–H and O–H groups in total. The monoisotopic (exact) mass is 521 g/mol. The molecule has 0 unspecified atom stereocenters. The van der Waals surface area contributed by atoms with Crippen LogP contribution in [0, 0.1) is 5.82 Å². The molecule has 2 aliphatic rings. The topological polar surface area (TPSA) is 80.6 Å². The molecule has 0 spiro atoms. The molecule has 8 nitrogen and oxygen atoms in total. The molecule has 2 fully saturated rings. The van der Waals surface area contributed by atoms with Crippen molar-refractivity contribution in [2.24, 2.45) is 4.99 Å². The molecular formula is C19H29FIN5O3. The maximum absolute atomic E-state index is 13.5. The van der Waals surface area contributed by atoms with E-state index in [1.54, 1.807) is 13.1 Å². The molecule has 10 heteroatoms. The third-order valence-corrected chi connectivity index (χ3v) is 5.07. The third-order valence-electron chi connectivity index (χ3n) is 5.07. The second kappa shape index (κ2) is 11.5. The van der Waals surface area contributed by atoms with Crippen LogP contribution in [0.15, 0.2) is 23.2 Å². The molecule has 2 heterocycles. The fraction of sp³-hybridized carbons (Fsp3) is 0.579. The molecule has 29 heavy (non-hydrogen) atoms. The number of phenols is 1. The predicted octanol–water partition coefficient (Wildman–Crippen LogP) is 0.701. The van der Waals surface area contributed by atoms with E-state index in [2.05, 4.69) is 20.1 Å². The SMILES string of the molecule is CN=C(NCc1ccc(O)c(F)c1)N1CCN(CC(=O)N2CCOCC2)CC1.I. The fourth-order valence-corrected chi connectivity index (χ4v) is 3.40. The maximum Gasteiger partial charge on any atom is 0.236 e. The molecule has 0 aliphatic carbocycles. The van der Waals surface area contributed by atoms with E-state index in [4.69, 9.17) is 4.74 Å². The van der Waals surface area contributed by atoms with Gasteiger partial charge in [0.05, 0.1) is 19.8 Å². The van der Waals surface area contributed by atoms with Crippen molar-refractivity contribution in [2.45, 2.75) is 6.54 Å². The Hall–Kier alpha value is -1.66. The molecule has 3 rings (SSSR count). The number of amides is 1. The summed E-state index contributed by atoms with van der Waals surface area (Å²) in [7, 11) is 1.72. The number of halogens is 2. The molecule has 1 aromatic rings. The minimum absolute atomic E-state index is 0. The number of phenolic OH excluding ortho intramolecular Hbond substituents is 1. The lowest BCUT2D eigenvalue weighted by molar-refractivity contribution is -0.136. The average Bonchev–Trinajstić information content (AvgIpc) is 2.72. The van der Waals surface area contributed by atoms with Crippen LogP contribution in [-0.4, -0.2) is 97.7 Å². The normalized spacial score (nSPS) is 18.3. The van der Waals surface area contributed by atoms with Crippen molar-refractivity contribution in [2.75, 3.05) is 66.1 Å². The summed E-state index contributed by atoms with van der Waals surface area (Å²) in [6, 6.07) is 4.33. The summed E-state index contributed by atoms with van der Waals surface area (Å²) in [4.78, 5) is 22.8. The number of hydrogen-bond donors (Lipinski definition) is 2. The van der Waals surface area contributed by atoms with E-state index in [1.165, 1.54) is 12.1 Å². The van der Waals surface area contributed by atoms with E-state index >= 15 is 0 Å². The summed E-state index contributed by atoms with van der Waals surface area (Å²) in [5, 5.41) is 12.5. The largest absolute Gasteiger partial charge is 0.505 e. The lowest BCUT2D eigenvalue weighted by Gasteiger charge is -2.37. The highest BCUT2D eigenvalue weighted by molar-refractivity contribution is 14.0. The zero-order valence-corrected chi connectivity index (χ0v) is 19.0. The molecule has 0 saturated carbocycles. The van der Waals surface area contributed by atoms with Crippen molar-refractivity contribution in [3.05, 3.63) is 29.6 Å². The number of guanidine groups is 1. The number of morpholine rings is 1. The Kier molecular flexibility index (Phi) is 9.37. The van der Waals surface area contributed by atoms with Gasteiger partial charge < -0.3 is 25.0 Å². The molecule has 0 radical (unpaired) electrons. The van der Waals surface area contributed by atoms with E-state index in [-0.39, 0.29) is 35.6 Å². The standard InChI is InChI=1S/C19H28FN5O3.HI/c1-21-19(22-13-15-2-3-17(26)16(20)12-15)25-6-4-23(5-7-25)14-18(27)24-8-10-28-11-9-24;/h2-3,12,26H,4-11,13-14H2,1H3,(H,21,22);1H. The third kappa shape index (κ3) is 6.68. The van der Waals surface area contributed by atoms with Crippen LogP contribution in [0.4, 0.5) is 4.39 Å². The Labute approximate surface area is 187 Å². The quantitative estimate of drug-likeness (QED) is 0.345. The van der Waals surface area contributed by atoms with Gasteiger partial charge in [-0.15, -0.1) is 24.0 Å². The summed E-state index contributed by atoms with van der Waals surface area (Å²) in [6.45, 7) is 6.53. The predicted molar refractivity (Wildman–Crippen MR) is 119 cm³/mol. The summed E-state index contributed by atoms with van der Waals surface area (Å²) in [5.74, 6) is -0.0787. The zero-order valence-electron chi connectivity index (χ0n) is 16.6. The van der Waals surface area contributed by atoms with Gasteiger partial charge in [-0.2, -0.15) is 0 Å². The summed E-state index contributed by atoms with van der Waals surface area (Å²) in [6.07, 6.45) is 0. The maximum atomic E-state index is 13.5. The van der Waals surface area contributed by atoms with Gasteiger partial charge in [-0.25, -0.2) is 4.39 Å². The van der Waals surface area contributed by atoms with Crippen LogP contribution >= 0.6 is 24.0 Å². The highest BCUT2D eigenvalue weighted by atomic mass is 127. The minimum atomic E-state index is -0.632. The van der Waals surface area contributed by atoms with Crippen LogP contribution in [0.25, 0.3) is 0 Å². The number of aromatic hydroxyl groups is 1. The number of benzene rings is 1. The first kappa shape index (κ1) is 23.6. The number of ether oxygens (including phenoxy) is 1. The average molecular weight is 521 g/mol. The highest BCUT2D eigenvalue weighted by Crippen LogP contribution is 2.16. The Morgan fingerprint density at radius 1 is 1.17 bits per heavy atom. The summed E-state index contributed by atoms with van der Waals surface area (Å²) in [5.41, 5.74) is 0.728. The number of hydrogen-bond acceptors (Lipinski definition) is 5. The Morgan fingerprint density at radius 3 is 2.48 bits per heavy atom. The van der Waals surface area contributed by atoms with Crippen molar-refractivity contribution >= 4 is 35.8 Å². The lowest BCUT2D eigenvalue weighted by atomic mass is 10.2. The second-order valence-electron chi connectivity index (χ2n) is 6.94. The van der Waals surface area contributed by atoms with Crippen LogP contribution in [0.3, 0.4) is 0 Å². The second-order valence-corrected chi connectivity index (χ2v) is 6.94. The molecule has 162 valence electrons. The fourth-order valence-electron chi connectivity index (χ4n) is 3.40. The first-order chi connectivity index (χ1) is 13.6.